The van der Waals surface area contributed by atoms with Crippen LogP contribution in [-0.4, -0.2) is 23.5 Å². The molecule has 2 saturated carbocycles. The second-order valence-corrected chi connectivity index (χ2v) is 6.12. The summed E-state index contributed by atoms with van der Waals surface area (Å²) in [4.78, 5) is 2.47. The van der Waals surface area contributed by atoms with Crippen LogP contribution in [0.3, 0.4) is 0 Å². The zero-order chi connectivity index (χ0) is 13.9. The maximum atomic E-state index is 9.44. The predicted molar refractivity (Wildman–Crippen MR) is 82.5 cm³/mol. The zero-order valence-electron chi connectivity index (χ0n) is 12.2. The van der Waals surface area contributed by atoms with Gasteiger partial charge in [0.2, 0.25) is 0 Å². The van der Waals surface area contributed by atoms with E-state index >= 15 is 0 Å². The van der Waals surface area contributed by atoms with Crippen LogP contribution in [0, 0.1) is 11.8 Å². The van der Waals surface area contributed by atoms with Gasteiger partial charge in [-0.15, -0.1) is 0 Å². The topological polar surface area (TPSA) is 35.8 Å². The molecule has 3 nitrogen and oxygen atoms in total. The van der Waals surface area contributed by atoms with Crippen LogP contribution in [0.2, 0.25) is 0 Å². The molecule has 1 aromatic carbocycles. The van der Waals surface area contributed by atoms with Gasteiger partial charge in [-0.3, -0.25) is 0 Å². The first-order valence-electron chi connectivity index (χ1n) is 7.88. The highest BCUT2D eigenvalue weighted by Gasteiger charge is 2.48. The smallest absolute Gasteiger partial charge is 0.0828 e. The fourth-order valence-electron chi connectivity index (χ4n) is 3.99. The Hall–Kier alpha value is -1.51. The maximum Gasteiger partial charge on any atom is 0.0828 e. The van der Waals surface area contributed by atoms with Crippen LogP contribution < -0.4 is 4.90 Å². The third kappa shape index (κ3) is 2.30. The number of benzene rings is 1. The van der Waals surface area contributed by atoms with Crippen molar-refractivity contribution in [3.63, 3.8) is 0 Å². The van der Waals surface area contributed by atoms with E-state index in [1.807, 2.05) is 0 Å². The molecule has 0 unspecified atom stereocenters. The van der Waals surface area contributed by atoms with Gasteiger partial charge in [0.25, 0.3) is 0 Å². The number of hydrogen-bond acceptors (Lipinski definition) is 3. The number of nitrogens with zero attached hydrogens (tertiary/aromatic N) is 2. The molecule has 1 aromatic rings. The molecule has 0 aliphatic heterocycles. The van der Waals surface area contributed by atoms with Gasteiger partial charge in [0.1, 0.15) is 0 Å². The Morgan fingerprint density at radius 3 is 2.75 bits per heavy atom. The van der Waals surface area contributed by atoms with Crippen molar-refractivity contribution in [3.05, 3.63) is 30.3 Å². The Labute approximate surface area is 121 Å². The van der Waals surface area contributed by atoms with E-state index in [0.29, 0.717) is 17.9 Å². The molecule has 2 bridgehead atoms. The summed E-state index contributed by atoms with van der Waals surface area (Å²) in [5.41, 5.74) is 2.29. The lowest BCUT2D eigenvalue weighted by Gasteiger charge is -2.36. The van der Waals surface area contributed by atoms with E-state index in [1.165, 1.54) is 37.8 Å². The van der Waals surface area contributed by atoms with E-state index in [2.05, 4.69) is 47.3 Å². The van der Waals surface area contributed by atoms with Gasteiger partial charge in [-0.25, -0.2) is 0 Å². The summed E-state index contributed by atoms with van der Waals surface area (Å²) in [7, 11) is 0. The highest BCUT2D eigenvalue weighted by atomic mass is 16.4. The molecule has 3 rings (SSSR count). The summed E-state index contributed by atoms with van der Waals surface area (Å²) >= 11 is 0. The molecule has 2 fully saturated rings. The number of oxime groups is 1. The lowest BCUT2D eigenvalue weighted by molar-refractivity contribution is 0.311. The molecule has 0 spiro atoms. The van der Waals surface area contributed by atoms with E-state index in [4.69, 9.17) is 0 Å². The molecule has 1 N–H and O–H groups in total. The lowest BCUT2D eigenvalue weighted by atomic mass is 9.91. The van der Waals surface area contributed by atoms with E-state index < -0.39 is 0 Å². The Bertz CT molecular complexity index is 471. The van der Waals surface area contributed by atoms with Gasteiger partial charge in [-0.05, 0) is 43.7 Å². The minimum atomic E-state index is 0.313. The van der Waals surface area contributed by atoms with Gasteiger partial charge >= 0.3 is 0 Å². The quantitative estimate of drug-likeness (QED) is 0.651. The Balaban J connectivity index is 1.89. The maximum absolute atomic E-state index is 9.44. The number of para-hydroxylation sites is 1. The summed E-state index contributed by atoms with van der Waals surface area (Å²) in [5.74, 6) is 1.19. The summed E-state index contributed by atoms with van der Waals surface area (Å²) in [6, 6.07) is 10.9. The average Bonchev–Trinajstić information content (AvgIpc) is 3.10. The summed E-state index contributed by atoms with van der Waals surface area (Å²) in [6.45, 7) is 3.28. The van der Waals surface area contributed by atoms with Gasteiger partial charge in [-0.2, -0.15) is 0 Å². The molecule has 2 aliphatic rings. The fraction of sp³-hybridized carbons (Fsp3) is 0.588. The Kier molecular flexibility index (Phi) is 3.95. The third-order valence-electron chi connectivity index (χ3n) is 4.93. The van der Waals surface area contributed by atoms with Crippen molar-refractivity contribution in [2.24, 2.45) is 17.0 Å². The van der Waals surface area contributed by atoms with Crippen molar-refractivity contribution in [2.75, 3.05) is 11.4 Å². The van der Waals surface area contributed by atoms with Gasteiger partial charge in [0, 0.05) is 18.2 Å². The van der Waals surface area contributed by atoms with Gasteiger partial charge < -0.3 is 10.1 Å². The normalized spacial score (nSPS) is 30.1. The molecular weight excluding hydrogens is 248 g/mol. The molecule has 0 radical (unpaired) electrons. The SMILES string of the molecule is CCCCN(c1ccccc1)[C@H]1/C(=N/O)[C@H]2CC[C@H]1C2. The lowest BCUT2D eigenvalue weighted by Crippen LogP contribution is -2.45. The number of rotatable bonds is 5. The minimum Gasteiger partial charge on any atom is -0.411 e. The van der Waals surface area contributed by atoms with E-state index in [1.54, 1.807) is 0 Å². The third-order valence-corrected chi connectivity index (χ3v) is 4.93. The monoisotopic (exact) mass is 272 g/mol. The zero-order valence-corrected chi connectivity index (χ0v) is 12.2. The first kappa shape index (κ1) is 13.5. The molecule has 3 atom stereocenters. The first-order chi connectivity index (χ1) is 9.85. The minimum absolute atomic E-state index is 0.313. The summed E-state index contributed by atoms with van der Waals surface area (Å²) in [6.07, 6.45) is 6.07. The molecule has 20 heavy (non-hydrogen) atoms. The molecular formula is C17H24N2O. The van der Waals surface area contributed by atoms with E-state index in [-0.39, 0.29) is 0 Å². The van der Waals surface area contributed by atoms with E-state index in [9.17, 15) is 5.21 Å². The molecule has 0 saturated heterocycles. The van der Waals surface area contributed by atoms with Crippen molar-refractivity contribution < 1.29 is 5.21 Å². The van der Waals surface area contributed by atoms with Crippen molar-refractivity contribution in [3.8, 4) is 0 Å². The summed E-state index contributed by atoms with van der Waals surface area (Å²) in [5, 5.41) is 13.1. The van der Waals surface area contributed by atoms with Crippen molar-refractivity contribution in [2.45, 2.75) is 45.1 Å². The Morgan fingerprint density at radius 1 is 1.25 bits per heavy atom. The van der Waals surface area contributed by atoms with Crippen LogP contribution in [0.5, 0.6) is 0 Å². The summed E-state index contributed by atoms with van der Waals surface area (Å²) < 4.78 is 0. The van der Waals surface area contributed by atoms with Crippen LogP contribution in [0.15, 0.2) is 35.5 Å². The highest BCUT2D eigenvalue weighted by Crippen LogP contribution is 2.46. The van der Waals surface area contributed by atoms with Crippen molar-refractivity contribution in [1.82, 2.24) is 0 Å². The molecule has 0 aromatic heterocycles. The molecule has 2 aliphatic carbocycles. The number of hydrogen-bond donors (Lipinski definition) is 1. The fourth-order valence-corrected chi connectivity index (χ4v) is 3.99. The Morgan fingerprint density at radius 2 is 2.05 bits per heavy atom. The largest absolute Gasteiger partial charge is 0.411 e. The van der Waals surface area contributed by atoms with Gasteiger partial charge in [0.15, 0.2) is 0 Å². The first-order valence-corrected chi connectivity index (χ1v) is 7.88. The number of anilines is 1. The number of unbranched alkanes of at least 4 members (excludes halogenated alkanes) is 1. The number of fused-ring (bicyclic) bond motifs is 2. The van der Waals surface area contributed by atoms with Crippen LogP contribution in [0.25, 0.3) is 0 Å². The van der Waals surface area contributed by atoms with Crippen molar-refractivity contribution in [1.29, 1.82) is 0 Å². The van der Waals surface area contributed by atoms with Crippen LogP contribution >= 0.6 is 0 Å². The molecule has 0 heterocycles. The molecule has 3 heteroatoms. The van der Waals surface area contributed by atoms with Gasteiger partial charge in [0.05, 0.1) is 11.8 Å². The van der Waals surface area contributed by atoms with Crippen molar-refractivity contribution >= 4 is 11.4 Å². The molecule has 0 amide bonds. The van der Waals surface area contributed by atoms with Crippen LogP contribution in [-0.2, 0) is 0 Å². The average molecular weight is 272 g/mol. The second-order valence-electron chi connectivity index (χ2n) is 6.12. The highest BCUT2D eigenvalue weighted by molar-refractivity contribution is 5.97. The predicted octanol–water partition coefficient (Wildman–Crippen LogP) is 3.92. The molecule has 108 valence electrons. The van der Waals surface area contributed by atoms with E-state index in [0.717, 1.165) is 12.3 Å². The van der Waals surface area contributed by atoms with Gasteiger partial charge in [-0.1, -0.05) is 36.7 Å². The standard InChI is InChI=1S/C17H24N2O/c1-2-3-11-19(15-7-5-4-6-8-15)17-14-10-9-13(12-14)16(17)18-20/h4-8,13-14,17,20H,2-3,9-12H2,1H3/b18-16+/t13-,14-,17+/m0/s1. The second kappa shape index (κ2) is 5.86. The van der Waals surface area contributed by atoms with Crippen LogP contribution in [0.4, 0.5) is 5.69 Å². The van der Waals surface area contributed by atoms with Crippen LogP contribution in [0.1, 0.15) is 39.0 Å².